The summed E-state index contributed by atoms with van der Waals surface area (Å²) in [6.45, 7) is -0.178. The van der Waals surface area contributed by atoms with Crippen LogP contribution in [0, 0.1) is 5.82 Å². The van der Waals surface area contributed by atoms with E-state index in [1.807, 2.05) is 0 Å². The Morgan fingerprint density at radius 3 is 2.62 bits per heavy atom. The fourth-order valence-electron chi connectivity index (χ4n) is 3.04. The quantitative estimate of drug-likeness (QED) is 0.749. The van der Waals surface area contributed by atoms with Crippen LogP contribution < -0.4 is 10.6 Å². The number of carbonyl (C=O) groups excluding carboxylic acids is 2. The van der Waals surface area contributed by atoms with Gasteiger partial charge >= 0.3 is 0 Å². The number of amides is 2. The fourth-order valence-corrected chi connectivity index (χ4v) is 4.22. The maximum Gasteiger partial charge on any atom is 0.243 e. The van der Waals surface area contributed by atoms with Gasteiger partial charge in [0.15, 0.2) is 0 Å². The predicted octanol–water partition coefficient (Wildman–Crippen LogP) is 2.04. The lowest BCUT2D eigenvalue weighted by molar-refractivity contribution is -0.121. The summed E-state index contributed by atoms with van der Waals surface area (Å²) in [5.41, 5.74) is 2.08. The van der Waals surface area contributed by atoms with Gasteiger partial charge in [-0.3, -0.25) is 9.59 Å². The second-order valence-electron chi connectivity index (χ2n) is 6.88. The molecule has 29 heavy (non-hydrogen) atoms. The van der Waals surface area contributed by atoms with Crippen LogP contribution in [-0.2, 0) is 32.6 Å². The Morgan fingerprint density at radius 2 is 1.90 bits per heavy atom. The number of nitrogens with one attached hydrogen (secondary N) is 2. The molecule has 2 aromatic rings. The van der Waals surface area contributed by atoms with Crippen molar-refractivity contribution in [2.75, 3.05) is 18.9 Å². The molecule has 0 fully saturated rings. The molecule has 1 aliphatic rings. The normalized spacial score (nSPS) is 14.1. The molecule has 3 rings (SSSR count). The monoisotopic (exact) mass is 419 g/mol. The predicted molar refractivity (Wildman–Crippen MR) is 106 cm³/mol. The molecule has 0 aliphatic carbocycles. The smallest absolute Gasteiger partial charge is 0.243 e. The van der Waals surface area contributed by atoms with E-state index in [0.717, 1.165) is 9.87 Å². The molecule has 7 nitrogen and oxygen atoms in total. The minimum absolute atomic E-state index is 0.0706. The first-order valence-electron chi connectivity index (χ1n) is 9.16. The maximum atomic E-state index is 12.9. The third-order valence-electron chi connectivity index (χ3n) is 4.68. The molecule has 0 radical (unpaired) electrons. The van der Waals surface area contributed by atoms with Crippen LogP contribution in [-0.4, -0.2) is 38.1 Å². The summed E-state index contributed by atoms with van der Waals surface area (Å²) < 4.78 is 39.6. The second kappa shape index (κ2) is 8.71. The number of nitrogens with zero attached hydrogens (tertiary/aromatic N) is 1. The van der Waals surface area contributed by atoms with E-state index in [9.17, 15) is 22.4 Å². The molecule has 9 heteroatoms. The average Bonchev–Trinajstić information content (AvgIpc) is 2.87. The zero-order valence-electron chi connectivity index (χ0n) is 15.9. The average molecular weight is 419 g/mol. The molecular weight excluding hydrogens is 397 g/mol. The summed E-state index contributed by atoms with van der Waals surface area (Å²) in [5, 5.41) is 5.38. The third kappa shape index (κ3) is 5.18. The largest absolute Gasteiger partial charge is 0.351 e. The summed E-state index contributed by atoms with van der Waals surface area (Å²) in [6, 6.07) is 10.2. The van der Waals surface area contributed by atoms with E-state index in [-0.39, 0.29) is 29.7 Å². The summed E-state index contributed by atoms with van der Waals surface area (Å²) in [6.07, 6.45) is 1.63. The van der Waals surface area contributed by atoms with E-state index in [1.165, 1.54) is 25.2 Å². The molecule has 0 unspecified atom stereocenters. The zero-order valence-corrected chi connectivity index (χ0v) is 16.8. The number of halogens is 1. The molecule has 2 N–H and O–H groups in total. The maximum absolute atomic E-state index is 12.9. The number of fused-ring (bicyclic) bond motifs is 1. The number of aryl methyl sites for hydroxylation is 1. The van der Waals surface area contributed by atoms with Crippen molar-refractivity contribution in [1.29, 1.82) is 0 Å². The highest BCUT2D eigenvalue weighted by molar-refractivity contribution is 7.89. The van der Waals surface area contributed by atoms with Crippen molar-refractivity contribution in [1.82, 2.24) is 9.62 Å². The number of hydrogen-bond donors (Lipinski definition) is 2. The van der Waals surface area contributed by atoms with E-state index in [0.29, 0.717) is 30.5 Å². The molecule has 0 aromatic heterocycles. The van der Waals surface area contributed by atoms with Crippen molar-refractivity contribution in [3.05, 3.63) is 59.4 Å². The fraction of sp³-hybridized carbons (Fsp3) is 0.300. The van der Waals surface area contributed by atoms with Crippen molar-refractivity contribution < 1.29 is 22.4 Å². The lowest BCUT2D eigenvalue weighted by Crippen LogP contribution is -2.38. The van der Waals surface area contributed by atoms with E-state index in [1.54, 1.807) is 24.3 Å². The highest BCUT2D eigenvalue weighted by Crippen LogP contribution is 2.26. The molecule has 1 aliphatic heterocycles. The standard InChI is InChI=1S/C20H22FN3O4S/c1-24(13-20(26)22-12-14-5-7-16(21)8-6-14)29(27,28)17-9-10-18-15(11-17)3-2-4-19(25)23-18/h5-11H,2-4,12-13H2,1H3,(H,22,26)(H,23,25). The van der Waals surface area contributed by atoms with Gasteiger partial charge in [-0.1, -0.05) is 12.1 Å². The Morgan fingerprint density at radius 1 is 1.17 bits per heavy atom. The van der Waals surface area contributed by atoms with Gasteiger partial charge in [-0.05, 0) is 54.3 Å². The zero-order chi connectivity index (χ0) is 21.0. The van der Waals surface area contributed by atoms with Crippen molar-refractivity contribution in [3.63, 3.8) is 0 Å². The van der Waals surface area contributed by atoms with Crippen LogP contribution in [0.3, 0.4) is 0 Å². The van der Waals surface area contributed by atoms with Gasteiger partial charge in [-0.25, -0.2) is 12.8 Å². The second-order valence-corrected chi connectivity index (χ2v) is 8.93. The minimum atomic E-state index is -3.87. The van der Waals surface area contributed by atoms with Gasteiger partial charge in [0, 0.05) is 25.7 Å². The number of hydrogen-bond acceptors (Lipinski definition) is 4. The van der Waals surface area contributed by atoms with Crippen molar-refractivity contribution >= 4 is 27.5 Å². The SMILES string of the molecule is CN(CC(=O)NCc1ccc(F)cc1)S(=O)(=O)c1ccc2c(c1)CCCC(=O)N2. The summed E-state index contributed by atoms with van der Waals surface area (Å²) in [4.78, 5) is 23.9. The Labute approximate surface area is 169 Å². The van der Waals surface area contributed by atoms with Gasteiger partial charge in [-0.15, -0.1) is 0 Å². The van der Waals surface area contributed by atoms with E-state index in [4.69, 9.17) is 0 Å². The van der Waals surface area contributed by atoms with Gasteiger partial charge in [-0.2, -0.15) is 4.31 Å². The first-order valence-corrected chi connectivity index (χ1v) is 10.6. The number of sulfonamides is 1. The van der Waals surface area contributed by atoms with Crippen molar-refractivity contribution in [2.24, 2.45) is 0 Å². The van der Waals surface area contributed by atoms with Gasteiger partial charge < -0.3 is 10.6 Å². The first-order chi connectivity index (χ1) is 13.8. The number of likely N-dealkylation sites (N-methyl/N-ethyl adjacent to an activating group) is 1. The van der Waals surface area contributed by atoms with Crippen molar-refractivity contribution in [2.45, 2.75) is 30.7 Å². The Kier molecular flexibility index (Phi) is 6.29. The Hall–Kier alpha value is -2.78. The van der Waals surface area contributed by atoms with Crippen LogP contribution in [0.1, 0.15) is 24.0 Å². The van der Waals surface area contributed by atoms with Crippen LogP contribution in [0.5, 0.6) is 0 Å². The molecule has 0 saturated carbocycles. The molecule has 2 aromatic carbocycles. The van der Waals surface area contributed by atoms with Crippen LogP contribution in [0.4, 0.5) is 10.1 Å². The van der Waals surface area contributed by atoms with Gasteiger partial charge in [0.25, 0.3) is 0 Å². The molecule has 0 bridgehead atoms. The highest BCUT2D eigenvalue weighted by atomic mass is 32.2. The van der Waals surface area contributed by atoms with E-state index < -0.39 is 15.9 Å². The molecule has 0 saturated heterocycles. The Balaban J connectivity index is 1.65. The van der Waals surface area contributed by atoms with Crippen LogP contribution >= 0.6 is 0 Å². The van der Waals surface area contributed by atoms with Crippen LogP contribution in [0.2, 0.25) is 0 Å². The highest BCUT2D eigenvalue weighted by Gasteiger charge is 2.24. The summed E-state index contributed by atoms with van der Waals surface area (Å²) >= 11 is 0. The summed E-state index contributed by atoms with van der Waals surface area (Å²) in [7, 11) is -2.54. The number of benzene rings is 2. The molecule has 1 heterocycles. The van der Waals surface area contributed by atoms with Crippen LogP contribution in [0.15, 0.2) is 47.4 Å². The van der Waals surface area contributed by atoms with Gasteiger partial charge in [0.2, 0.25) is 21.8 Å². The van der Waals surface area contributed by atoms with Crippen LogP contribution in [0.25, 0.3) is 0 Å². The lowest BCUT2D eigenvalue weighted by atomic mass is 10.1. The van der Waals surface area contributed by atoms with E-state index in [2.05, 4.69) is 10.6 Å². The number of rotatable bonds is 6. The third-order valence-corrected chi connectivity index (χ3v) is 6.48. The number of carbonyl (C=O) groups is 2. The number of anilines is 1. The first kappa shape index (κ1) is 20.9. The molecule has 0 atom stereocenters. The van der Waals surface area contributed by atoms with Crippen molar-refractivity contribution in [3.8, 4) is 0 Å². The molecule has 2 amide bonds. The summed E-state index contributed by atoms with van der Waals surface area (Å²) in [5.74, 6) is -0.928. The topological polar surface area (TPSA) is 95.6 Å². The molecular formula is C20H22FN3O4S. The lowest BCUT2D eigenvalue weighted by Gasteiger charge is -2.18. The molecule has 154 valence electrons. The minimum Gasteiger partial charge on any atom is -0.351 e. The van der Waals surface area contributed by atoms with Gasteiger partial charge in [0.1, 0.15) is 5.82 Å². The van der Waals surface area contributed by atoms with Gasteiger partial charge in [0.05, 0.1) is 11.4 Å². The Bertz CT molecular complexity index is 1020. The molecule has 0 spiro atoms. The van der Waals surface area contributed by atoms with E-state index >= 15 is 0 Å².